The summed E-state index contributed by atoms with van der Waals surface area (Å²) in [6, 6.07) is 7.05. The van der Waals surface area contributed by atoms with Gasteiger partial charge in [-0.2, -0.15) is 18.3 Å². The van der Waals surface area contributed by atoms with Crippen LogP contribution < -0.4 is 14.9 Å². The number of aromatic nitrogens is 3. The molecule has 0 fully saturated rings. The molecule has 0 unspecified atom stereocenters. The van der Waals surface area contributed by atoms with E-state index >= 15 is 0 Å². The molecule has 0 aliphatic rings. The summed E-state index contributed by atoms with van der Waals surface area (Å²) in [6.45, 7) is 0.202. The Morgan fingerprint density at radius 3 is 2.58 bits per heavy atom. The molecule has 0 aliphatic heterocycles. The van der Waals surface area contributed by atoms with E-state index in [0.717, 1.165) is 18.5 Å². The van der Waals surface area contributed by atoms with Gasteiger partial charge in [-0.05, 0) is 30.7 Å². The van der Waals surface area contributed by atoms with Crippen molar-refractivity contribution in [3.63, 3.8) is 0 Å². The molecule has 0 saturated carbocycles. The molecule has 0 atom stereocenters. The first kappa shape index (κ1) is 22.7. The largest absolute Gasteiger partial charge is 0.494 e. The molecule has 2 aromatic heterocycles. The van der Waals surface area contributed by atoms with Crippen LogP contribution >= 0.6 is 0 Å². The van der Waals surface area contributed by atoms with Gasteiger partial charge in [0.2, 0.25) is 15.5 Å². The van der Waals surface area contributed by atoms with Crippen LogP contribution in [0.2, 0.25) is 0 Å². The first-order valence-corrected chi connectivity index (χ1v) is 11.0. The zero-order valence-electron chi connectivity index (χ0n) is 16.6. The van der Waals surface area contributed by atoms with Crippen molar-refractivity contribution in [2.24, 2.45) is 0 Å². The fourth-order valence-electron chi connectivity index (χ4n) is 3.13. The summed E-state index contributed by atoms with van der Waals surface area (Å²) in [7, 11) is -2.01. The molecule has 0 spiro atoms. The molecule has 3 aromatic rings. The average Bonchev–Trinajstić information content (AvgIpc) is 2.71. The number of fused-ring (bicyclic) bond motifs is 1. The highest BCUT2D eigenvalue weighted by atomic mass is 32.2. The van der Waals surface area contributed by atoms with Gasteiger partial charge < -0.3 is 4.74 Å². The maximum Gasteiger partial charge on any atom is 0.434 e. The zero-order valence-corrected chi connectivity index (χ0v) is 17.4. The molecule has 3 rings (SSSR count). The third-order valence-electron chi connectivity index (χ3n) is 4.40. The third-order valence-corrected chi connectivity index (χ3v) is 5.13. The van der Waals surface area contributed by atoms with Gasteiger partial charge >= 0.3 is 6.18 Å². The number of ether oxygens (including phenoxy) is 1. The summed E-state index contributed by atoms with van der Waals surface area (Å²) >= 11 is 0. The van der Waals surface area contributed by atoms with Crippen molar-refractivity contribution >= 4 is 20.9 Å². The van der Waals surface area contributed by atoms with E-state index in [4.69, 9.17) is 4.74 Å². The molecule has 8 nitrogen and oxygen atoms in total. The van der Waals surface area contributed by atoms with Crippen LogP contribution in [0.1, 0.15) is 12.1 Å². The Morgan fingerprint density at radius 1 is 1.19 bits per heavy atom. The molecule has 0 amide bonds. The summed E-state index contributed by atoms with van der Waals surface area (Å²) in [5.74, 6) is 0.312. The number of nitrogens with zero attached hydrogens (tertiary/aromatic N) is 3. The summed E-state index contributed by atoms with van der Waals surface area (Å²) in [5, 5.41) is 4.32. The van der Waals surface area contributed by atoms with Crippen molar-refractivity contribution in [1.29, 1.82) is 0 Å². The second kappa shape index (κ2) is 8.63. The van der Waals surface area contributed by atoms with Crippen LogP contribution in [0.5, 0.6) is 5.75 Å². The van der Waals surface area contributed by atoms with Gasteiger partial charge in [0.05, 0.1) is 18.8 Å². The number of methoxy groups -OCH3 is 1. The first-order chi connectivity index (χ1) is 14.5. The molecule has 0 bridgehead atoms. The first-order valence-electron chi connectivity index (χ1n) is 9.08. The number of alkyl halides is 3. The van der Waals surface area contributed by atoms with Crippen molar-refractivity contribution in [3.8, 4) is 17.0 Å². The van der Waals surface area contributed by atoms with Gasteiger partial charge in [-0.1, -0.05) is 6.07 Å². The minimum absolute atomic E-state index is 0.0826. The van der Waals surface area contributed by atoms with Gasteiger partial charge in [-0.15, -0.1) is 0 Å². The molecule has 1 aromatic carbocycles. The van der Waals surface area contributed by atoms with E-state index in [2.05, 4.69) is 14.8 Å². The number of halogens is 3. The number of sulfonamides is 1. The minimum atomic E-state index is -4.78. The van der Waals surface area contributed by atoms with Crippen LogP contribution in [-0.2, 0) is 22.7 Å². The highest BCUT2D eigenvalue weighted by Gasteiger charge is 2.36. The lowest BCUT2D eigenvalue weighted by Gasteiger charge is -2.16. The Hall–Kier alpha value is -2.99. The standard InChI is InChI=1S/C19H19F3N4O4S/c1-30-14-8-3-6-13-16(14)26(11-5-10-24-31(2,28)29)25-15(17(13)27)12-7-4-9-23-18(12)19(20,21)22/h3-4,6-9,24H,5,10-11H2,1-2H3. The monoisotopic (exact) mass is 456 g/mol. The van der Waals surface area contributed by atoms with Crippen LogP contribution in [-0.4, -0.2) is 43.1 Å². The summed E-state index contributed by atoms with van der Waals surface area (Å²) < 4.78 is 71.9. The molecule has 166 valence electrons. The molecular weight excluding hydrogens is 437 g/mol. The Balaban J connectivity index is 2.19. The summed E-state index contributed by atoms with van der Waals surface area (Å²) in [5.41, 5.74) is -2.45. The molecule has 0 aliphatic carbocycles. The van der Waals surface area contributed by atoms with E-state index in [0.29, 0.717) is 11.3 Å². The van der Waals surface area contributed by atoms with Crippen molar-refractivity contribution < 1.29 is 26.3 Å². The molecule has 2 heterocycles. The SMILES string of the molecule is COc1cccc2c(=O)c(-c3cccnc3C(F)(F)F)nn(CCCNS(C)(=O)=O)c12. The Morgan fingerprint density at radius 2 is 1.94 bits per heavy atom. The summed E-state index contributed by atoms with van der Waals surface area (Å²) in [4.78, 5) is 16.5. The number of aryl methyl sites for hydroxylation is 1. The highest BCUT2D eigenvalue weighted by Crippen LogP contribution is 2.34. The van der Waals surface area contributed by atoms with Crippen molar-refractivity contribution in [2.45, 2.75) is 19.1 Å². The fraction of sp³-hybridized carbons (Fsp3) is 0.316. The lowest BCUT2D eigenvalue weighted by Crippen LogP contribution is -2.25. The minimum Gasteiger partial charge on any atom is -0.494 e. The predicted octanol–water partition coefficient (Wildman–Crippen LogP) is 2.43. The van der Waals surface area contributed by atoms with Crippen molar-refractivity contribution in [3.05, 3.63) is 52.4 Å². The zero-order chi connectivity index (χ0) is 22.8. The Kier molecular flexibility index (Phi) is 6.32. The predicted molar refractivity (Wildman–Crippen MR) is 108 cm³/mol. The quantitative estimate of drug-likeness (QED) is 0.548. The maximum absolute atomic E-state index is 13.5. The van der Waals surface area contributed by atoms with Crippen LogP contribution in [0.15, 0.2) is 41.3 Å². The Bertz CT molecular complexity index is 1270. The van der Waals surface area contributed by atoms with Gasteiger partial charge in [0.15, 0.2) is 5.69 Å². The molecule has 0 saturated heterocycles. The molecule has 0 radical (unpaired) electrons. The van der Waals surface area contributed by atoms with E-state index in [1.54, 1.807) is 12.1 Å². The second-order valence-electron chi connectivity index (χ2n) is 6.67. The Labute approximate surface area is 175 Å². The normalized spacial score (nSPS) is 12.3. The van der Waals surface area contributed by atoms with Crippen LogP contribution in [0, 0.1) is 0 Å². The van der Waals surface area contributed by atoms with Gasteiger partial charge in [0, 0.05) is 24.8 Å². The van der Waals surface area contributed by atoms with E-state index in [-0.39, 0.29) is 24.9 Å². The van der Waals surface area contributed by atoms with Crippen molar-refractivity contribution in [1.82, 2.24) is 19.5 Å². The lowest BCUT2D eigenvalue weighted by atomic mass is 10.1. The van der Waals surface area contributed by atoms with E-state index in [1.165, 1.54) is 23.9 Å². The van der Waals surface area contributed by atoms with E-state index < -0.39 is 38.6 Å². The topological polar surface area (TPSA) is 103 Å². The van der Waals surface area contributed by atoms with Crippen molar-refractivity contribution in [2.75, 3.05) is 19.9 Å². The number of rotatable bonds is 7. The van der Waals surface area contributed by atoms with Crippen LogP contribution in [0.25, 0.3) is 22.2 Å². The summed E-state index contributed by atoms with van der Waals surface area (Å²) in [6.07, 6.45) is -2.50. The molecule has 31 heavy (non-hydrogen) atoms. The van der Waals surface area contributed by atoms with E-state index in [9.17, 15) is 26.4 Å². The van der Waals surface area contributed by atoms with E-state index in [1.807, 2.05) is 0 Å². The van der Waals surface area contributed by atoms with Gasteiger partial charge in [-0.3, -0.25) is 14.5 Å². The third kappa shape index (κ3) is 5.02. The number of hydrogen-bond acceptors (Lipinski definition) is 6. The number of para-hydroxylation sites is 1. The smallest absolute Gasteiger partial charge is 0.434 e. The van der Waals surface area contributed by atoms with Gasteiger partial charge in [-0.25, -0.2) is 13.1 Å². The number of nitrogens with one attached hydrogen (secondary N) is 1. The molecule has 1 N–H and O–H groups in total. The lowest BCUT2D eigenvalue weighted by molar-refractivity contribution is -0.140. The molecule has 12 heteroatoms. The van der Waals surface area contributed by atoms with Gasteiger partial charge in [0.25, 0.3) is 0 Å². The van der Waals surface area contributed by atoms with Crippen LogP contribution in [0.3, 0.4) is 0 Å². The highest BCUT2D eigenvalue weighted by molar-refractivity contribution is 7.88. The average molecular weight is 456 g/mol. The number of benzene rings is 1. The second-order valence-corrected chi connectivity index (χ2v) is 8.51. The van der Waals surface area contributed by atoms with Gasteiger partial charge in [0.1, 0.15) is 17.0 Å². The number of hydrogen-bond donors (Lipinski definition) is 1. The maximum atomic E-state index is 13.5. The number of pyridine rings is 1. The van der Waals surface area contributed by atoms with Crippen LogP contribution in [0.4, 0.5) is 13.2 Å². The fourth-order valence-corrected chi connectivity index (χ4v) is 3.64. The molecular formula is C19H19F3N4O4S.